The molecule has 3 N–H and O–H groups in total. The van der Waals surface area contributed by atoms with E-state index in [4.69, 9.17) is 5.73 Å². The van der Waals surface area contributed by atoms with Gasteiger partial charge >= 0.3 is 0 Å². The van der Waals surface area contributed by atoms with Gasteiger partial charge in [-0.25, -0.2) is 4.39 Å². The third kappa shape index (κ3) is 3.66. The summed E-state index contributed by atoms with van der Waals surface area (Å²) in [5.74, 6) is -0.0222. The largest absolute Gasteiger partial charge is 0.330 e. The van der Waals surface area contributed by atoms with E-state index in [1.165, 1.54) is 12.1 Å². The summed E-state index contributed by atoms with van der Waals surface area (Å²) >= 11 is 2.03. The molecule has 0 saturated heterocycles. The molecule has 1 aliphatic rings. The minimum atomic E-state index is -0.292. The molecule has 0 spiro atoms. The monoisotopic (exact) mass is 376 g/mol. The van der Waals surface area contributed by atoms with Crippen LogP contribution in [0.25, 0.3) is 0 Å². The van der Waals surface area contributed by atoms with Gasteiger partial charge in [-0.05, 0) is 66.1 Å². The standard InChI is InChI=1S/C14H18FIN2O/c15-10-5-6-13(12(16)7-10)18-14(19)11-4-2-1-3-9(11)8-17/h5-7,9,11H,1-4,8,17H2,(H,18,19). The summed E-state index contributed by atoms with van der Waals surface area (Å²) in [5.41, 5.74) is 6.42. The van der Waals surface area contributed by atoms with E-state index >= 15 is 0 Å². The number of benzene rings is 1. The lowest BCUT2D eigenvalue weighted by Crippen LogP contribution is -2.35. The molecule has 0 aliphatic heterocycles. The number of nitrogens with two attached hydrogens (primary N) is 1. The van der Waals surface area contributed by atoms with Crippen LogP contribution in [0.15, 0.2) is 18.2 Å². The predicted molar refractivity (Wildman–Crippen MR) is 82.2 cm³/mol. The van der Waals surface area contributed by atoms with E-state index in [0.29, 0.717) is 15.8 Å². The molecule has 2 rings (SSSR count). The molecule has 104 valence electrons. The zero-order valence-electron chi connectivity index (χ0n) is 10.7. The molecule has 1 amide bonds. The Labute approximate surface area is 126 Å². The van der Waals surface area contributed by atoms with E-state index in [1.54, 1.807) is 6.07 Å². The quantitative estimate of drug-likeness (QED) is 0.797. The lowest BCUT2D eigenvalue weighted by molar-refractivity contribution is -0.122. The van der Waals surface area contributed by atoms with E-state index in [2.05, 4.69) is 5.32 Å². The van der Waals surface area contributed by atoms with Gasteiger partial charge in [-0.3, -0.25) is 4.79 Å². The van der Waals surface area contributed by atoms with E-state index in [1.807, 2.05) is 22.6 Å². The van der Waals surface area contributed by atoms with Gasteiger partial charge in [0.25, 0.3) is 0 Å². The fourth-order valence-corrected chi connectivity index (χ4v) is 3.26. The molecule has 3 nitrogen and oxygen atoms in total. The number of amides is 1. The van der Waals surface area contributed by atoms with Gasteiger partial charge < -0.3 is 11.1 Å². The minimum Gasteiger partial charge on any atom is -0.330 e. The van der Waals surface area contributed by atoms with Crippen molar-refractivity contribution >= 4 is 34.2 Å². The van der Waals surface area contributed by atoms with Crippen molar-refractivity contribution in [2.45, 2.75) is 25.7 Å². The molecule has 0 aromatic heterocycles. The summed E-state index contributed by atoms with van der Waals surface area (Å²) in [6.45, 7) is 0.554. The van der Waals surface area contributed by atoms with Crippen LogP contribution in [0.3, 0.4) is 0 Å². The van der Waals surface area contributed by atoms with Crippen molar-refractivity contribution in [3.05, 3.63) is 27.6 Å². The molecule has 0 heterocycles. The van der Waals surface area contributed by atoms with Crippen LogP contribution < -0.4 is 11.1 Å². The number of hydrogen-bond acceptors (Lipinski definition) is 2. The van der Waals surface area contributed by atoms with E-state index < -0.39 is 0 Å². The van der Waals surface area contributed by atoms with Crippen molar-refractivity contribution in [3.63, 3.8) is 0 Å². The molecule has 1 aromatic carbocycles. The van der Waals surface area contributed by atoms with Crippen LogP contribution in [0.1, 0.15) is 25.7 Å². The second kappa shape index (κ2) is 6.65. The summed E-state index contributed by atoms with van der Waals surface area (Å²) in [6, 6.07) is 4.38. The Bertz CT molecular complexity index is 467. The Kier molecular flexibility index (Phi) is 5.15. The molecular formula is C14H18FIN2O. The van der Waals surface area contributed by atoms with Crippen molar-refractivity contribution < 1.29 is 9.18 Å². The molecule has 0 radical (unpaired) electrons. The maximum absolute atomic E-state index is 13.0. The van der Waals surface area contributed by atoms with Crippen molar-refractivity contribution in [2.24, 2.45) is 17.6 Å². The van der Waals surface area contributed by atoms with Crippen molar-refractivity contribution in [2.75, 3.05) is 11.9 Å². The first-order valence-corrected chi connectivity index (χ1v) is 7.65. The summed E-state index contributed by atoms with van der Waals surface area (Å²) in [7, 11) is 0. The van der Waals surface area contributed by atoms with Crippen LogP contribution in [0.4, 0.5) is 10.1 Å². The van der Waals surface area contributed by atoms with E-state index in [9.17, 15) is 9.18 Å². The second-order valence-corrected chi connectivity index (χ2v) is 6.16. The first kappa shape index (κ1) is 14.7. The number of carbonyl (C=O) groups excluding carboxylic acids is 1. The average Bonchev–Trinajstić information content (AvgIpc) is 2.41. The van der Waals surface area contributed by atoms with Crippen LogP contribution in [-0.2, 0) is 4.79 Å². The lowest BCUT2D eigenvalue weighted by atomic mass is 9.78. The van der Waals surface area contributed by atoms with Gasteiger partial charge in [0.15, 0.2) is 0 Å². The molecule has 1 aromatic rings. The van der Waals surface area contributed by atoms with Gasteiger partial charge in [0.1, 0.15) is 5.82 Å². The first-order valence-electron chi connectivity index (χ1n) is 6.58. The Morgan fingerprint density at radius 3 is 2.84 bits per heavy atom. The first-order chi connectivity index (χ1) is 9.11. The summed E-state index contributed by atoms with van der Waals surface area (Å²) < 4.78 is 13.7. The van der Waals surface area contributed by atoms with Crippen LogP contribution in [0, 0.1) is 21.2 Å². The Balaban J connectivity index is 2.07. The molecule has 5 heteroatoms. The highest BCUT2D eigenvalue weighted by atomic mass is 127. The number of nitrogens with one attached hydrogen (secondary N) is 1. The van der Waals surface area contributed by atoms with Crippen LogP contribution in [-0.4, -0.2) is 12.5 Å². The lowest BCUT2D eigenvalue weighted by Gasteiger charge is -2.29. The molecular weight excluding hydrogens is 358 g/mol. The van der Waals surface area contributed by atoms with Crippen molar-refractivity contribution in [1.29, 1.82) is 0 Å². The molecule has 0 bridgehead atoms. The van der Waals surface area contributed by atoms with E-state index in [0.717, 1.165) is 25.7 Å². The third-order valence-electron chi connectivity index (χ3n) is 3.74. The summed E-state index contributed by atoms with van der Waals surface area (Å²) in [6.07, 6.45) is 4.15. The maximum atomic E-state index is 13.0. The second-order valence-electron chi connectivity index (χ2n) is 5.00. The average molecular weight is 376 g/mol. The highest BCUT2D eigenvalue weighted by Crippen LogP contribution is 2.31. The fourth-order valence-electron chi connectivity index (χ4n) is 2.65. The smallest absolute Gasteiger partial charge is 0.227 e. The molecule has 2 unspecified atom stereocenters. The Morgan fingerprint density at radius 2 is 2.16 bits per heavy atom. The molecule has 19 heavy (non-hydrogen) atoms. The predicted octanol–water partition coefficient (Wildman–Crippen LogP) is 3.13. The van der Waals surface area contributed by atoms with Crippen molar-refractivity contribution in [3.8, 4) is 0 Å². The minimum absolute atomic E-state index is 0.0136. The summed E-state index contributed by atoms with van der Waals surface area (Å²) in [4.78, 5) is 12.3. The van der Waals surface area contributed by atoms with Crippen molar-refractivity contribution in [1.82, 2.24) is 0 Å². The number of carbonyl (C=O) groups is 1. The van der Waals surface area contributed by atoms with Gasteiger partial charge in [-0.2, -0.15) is 0 Å². The SMILES string of the molecule is NCC1CCCCC1C(=O)Nc1ccc(F)cc1I. The van der Waals surface area contributed by atoms with Gasteiger partial charge in [0.2, 0.25) is 5.91 Å². The third-order valence-corrected chi connectivity index (χ3v) is 4.63. The Morgan fingerprint density at radius 1 is 1.42 bits per heavy atom. The topological polar surface area (TPSA) is 55.1 Å². The van der Waals surface area contributed by atoms with Crippen LogP contribution in [0.2, 0.25) is 0 Å². The normalized spacial score (nSPS) is 23.1. The zero-order chi connectivity index (χ0) is 13.8. The highest BCUT2D eigenvalue weighted by Gasteiger charge is 2.30. The molecule has 1 saturated carbocycles. The van der Waals surface area contributed by atoms with Crippen LogP contribution in [0.5, 0.6) is 0 Å². The zero-order valence-corrected chi connectivity index (χ0v) is 12.8. The Hall–Kier alpha value is -0.690. The highest BCUT2D eigenvalue weighted by molar-refractivity contribution is 14.1. The number of rotatable bonds is 3. The summed E-state index contributed by atoms with van der Waals surface area (Å²) in [5, 5.41) is 2.90. The van der Waals surface area contributed by atoms with Gasteiger partial charge in [0, 0.05) is 9.49 Å². The molecule has 2 atom stereocenters. The number of anilines is 1. The fraction of sp³-hybridized carbons (Fsp3) is 0.500. The molecule has 1 aliphatic carbocycles. The van der Waals surface area contributed by atoms with Gasteiger partial charge in [-0.15, -0.1) is 0 Å². The van der Waals surface area contributed by atoms with Crippen LogP contribution >= 0.6 is 22.6 Å². The molecule has 1 fully saturated rings. The van der Waals surface area contributed by atoms with Gasteiger partial charge in [0.05, 0.1) is 5.69 Å². The van der Waals surface area contributed by atoms with Gasteiger partial charge in [-0.1, -0.05) is 12.8 Å². The number of hydrogen-bond donors (Lipinski definition) is 2. The maximum Gasteiger partial charge on any atom is 0.227 e. The number of halogens is 2. The van der Waals surface area contributed by atoms with E-state index in [-0.39, 0.29) is 23.6 Å².